The molecule has 0 spiro atoms. The van der Waals surface area contributed by atoms with Crippen LogP contribution < -0.4 is 4.90 Å². The quantitative estimate of drug-likeness (QED) is 0.807. The zero-order valence-electron chi connectivity index (χ0n) is 10.8. The van der Waals surface area contributed by atoms with Crippen molar-refractivity contribution in [3.05, 3.63) is 46.2 Å². The fourth-order valence-electron chi connectivity index (χ4n) is 2.40. The zero-order chi connectivity index (χ0) is 14.3. The Labute approximate surface area is 124 Å². The van der Waals surface area contributed by atoms with Crippen molar-refractivity contribution in [2.45, 2.75) is 6.42 Å². The van der Waals surface area contributed by atoms with Crippen LogP contribution >= 0.6 is 15.9 Å². The maximum absolute atomic E-state index is 12.1. The maximum atomic E-state index is 12.1. The van der Waals surface area contributed by atoms with Gasteiger partial charge in [-0.2, -0.15) is 5.10 Å². The van der Waals surface area contributed by atoms with Crippen LogP contribution in [0.25, 0.3) is 0 Å². The van der Waals surface area contributed by atoms with E-state index in [4.69, 9.17) is 0 Å². The first-order valence-corrected chi connectivity index (χ1v) is 7.00. The smallest absolute Gasteiger partial charge is 0.299 e. The molecule has 0 fully saturated rings. The summed E-state index contributed by atoms with van der Waals surface area (Å²) in [7, 11) is 1.86. The average molecular weight is 334 g/mol. The second-order valence-corrected chi connectivity index (χ2v) is 5.47. The van der Waals surface area contributed by atoms with Crippen LogP contribution in [0.2, 0.25) is 0 Å². The van der Waals surface area contributed by atoms with E-state index in [0.717, 1.165) is 5.69 Å². The fraction of sp³-hybridized carbons (Fsp3) is 0.214. The van der Waals surface area contributed by atoms with Crippen LogP contribution in [0.15, 0.2) is 34.9 Å². The number of rotatable bonds is 3. The molecule has 6 heteroatoms. The van der Waals surface area contributed by atoms with Crippen molar-refractivity contribution in [3.63, 3.8) is 0 Å². The summed E-state index contributed by atoms with van der Waals surface area (Å²) in [5.74, 6) is -0.911. The Morgan fingerprint density at radius 2 is 2.05 bits per heavy atom. The number of anilines is 1. The standard InChI is InChI=1S/C14H12BrN3O2/c1-17-9(5-7-16-17)6-8-18-11-4-2-3-10(15)12(11)13(19)14(18)20/h2-5,7H,6,8H2,1H3. The summed E-state index contributed by atoms with van der Waals surface area (Å²) in [6.07, 6.45) is 2.37. The highest BCUT2D eigenvalue weighted by atomic mass is 79.9. The second-order valence-electron chi connectivity index (χ2n) is 4.62. The average Bonchev–Trinajstić information content (AvgIpc) is 2.93. The minimum absolute atomic E-state index is 0.447. The van der Waals surface area contributed by atoms with Gasteiger partial charge in [0.25, 0.3) is 11.7 Å². The molecule has 0 saturated heterocycles. The third kappa shape index (κ3) is 1.96. The molecular formula is C14H12BrN3O2. The molecule has 0 bridgehead atoms. The highest BCUT2D eigenvalue weighted by Crippen LogP contribution is 2.34. The van der Waals surface area contributed by atoms with Crippen molar-refractivity contribution in [3.8, 4) is 0 Å². The number of hydrogen-bond acceptors (Lipinski definition) is 3. The lowest BCUT2D eigenvalue weighted by atomic mass is 10.1. The molecule has 20 heavy (non-hydrogen) atoms. The molecule has 2 heterocycles. The van der Waals surface area contributed by atoms with Crippen LogP contribution in [-0.4, -0.2) is 28.0 Å². The number of aryl methyl sites for hydroxylation is 1. The summed E-state index contributed by atoms with van der Waals surface area (Å²) in [5.41, 5.74) is 2.16. The van der Waals surface area contributed by atoms with E-state index in [1.807, 2.05) is 19.2 Å². The predicted octanol–water partition coefficient (Wildman–Crippen LogP) is 1.95. The summed E-state index contributed by atoms with van der Waals surface area (Å²) >= 11 is 3.33. The molecule has 5 nitrogen and oxygen atoms in total. The molecule has 1 aromatic heterocycles. The van der Waals surface area contributed by atoms with Crippen molar-refractivity contribution in [2.24, 2.45) is 7.05 Å². The Hall–Kier alpha value is -1.95. The van der Waals surface area contributed by atoms with E-state index in [9.17, 15) is 9.59 Å². The first-order valence-electron chi connectivity index (χ1n) is 6.21. The van der Waals surface area contributed by atoms with E-state index in [-0.39, 0.29) is 0 Å². The molecule has 1 aliphatic heterocycles. The normalized spacial score (nSPS) is 14.0. The number of hydrogen-bond donors (Lipinski definition) is 0. The molecular weight excluding hydrogens is 322 g/mol. The minimum Gasteiger partial charge on any atom is -0.304 e. The Balaban J connectivity index is 1.88. The summed E-state index contributed by atoms with van der Waals surface area (Å²) in [6.45, 7) is 0.466. The number of fused-ring (bicyclic) bond motifs is 1. The fourth-order valence-corrected chi connectivity index (χ4v) is 2.93. The Kier molecular flexibility index (Phi) is 3.17. The van der Waals surface area contributed by atoms with Gasteiger partial charge in [0, 0.05) is 36.4 Å². The highest BCUT2D eigenvalue weighted by molar-refractivity contribution is 9.10. The van der Waals surface area contributed by atoms with Crippen LogP contribution in [0.1, 0.15) is 16.1 Å². The van der Waals surface area contributed by atoms with Crippen molar-refractivity contribution < 1.29 is 9.59 Å². The van der Waals surface area contributed by atoms with Crippen LogP contribution in [0, 0.1) is 0 Å². The van der Waals surface area contributed by atoms with Crippen molar-refractivity contribution in [1.29, 1.82) is 0 Å². The van der Waals surface area contributed by atoms with E-state index in [0.29, 0.717) is 28.7 Å². The number of halogens is 1. The van der Waals surface area contributed by atoms with Crippen LogP contribution in [-0.2, 0) is 18.3 Å². The number of carbonyl (C=O) groups excluding carboxylic acids is 2. The number of ketones is 1. The van der Waals surface area contributed by atoms with Gasteiger partial charge in [0.05, 0.1) is 11.3 Å². The van der Waals surface area contributed by atoms with Crippen molar-refractivity contribution in [1.82, 2.24) is 9.78 Å². The molecule has 0 N–H and O–H groups in total. The monoisotopic (exact) mass is 333 g/mol. The molecule has 102 valence electrons. The first kappa shape index (κ1) is 13.1. The van der Waals surface area contributed by atoms with Gasteiger partial charge in [-0.25, -0.2) is 0 Å². The Morgan fingerprint density at radius 1 is 1.25 bits per heavy atom. The van der Waals surface area contributed by atoms with E-state index < -0.39 is 11.7 Å². The summed E-state index contributed by atoms with van der Waals surface area (Å²) < 4.78 is 2.43. The number of amides is 1. The summed E-state index contributed by atoms with van der Waals surface area (Å²) in [6, 6.07) is 7.30. The molecule has 2 aromatic rings. The van der Waals surface area contributed by atoms with Gasteiger partial charge in [0.1, 0.15) is 0 Å². The van der Waals surface area contributed by atoms with Crippen LogP contribution in [0.5, 0.6) is 0 Å². The van der Waals surface area contributed by atoms with Gasteiger partial charge in [0.2, 0.25) is 0 Å². The number of carbonyl (C=O) groups is 2. The van der Waals surface area contributed by atoms with Crippen LogP contribution in [0.4, 0.5) is 5.69 Å². The molecule has 0 aliphatic carbocycles. The largest absolute Gasteiger partial charge is 0.304 e. The van der Waals surface area contributed by atoms with E-state index >= 15 is 0 Å². The predicted molar refractivity (Wildman–Crippen MR) is 77.7 cm³/mol. The van der Waals surface area contributed by atoms with E-state index in [1.165, 1.54) is 4.90 Å². The topological polar surface area (TPSA) is 55.2 Å². The number of Topliss-reactive ketones (excluding diaryl/α,β-unsaturated/α-hetero) is 1. The van der Waals surface area contributed by atoms with Gasteiger partial charge >= 0.3 is 0 Å². The molecule has 0 atom stereocenters. The maximum Gasteiger partial charge on any atom is 0.299 e. The molecule has 0 saturated carbocycles. The lowest BCUT2D eigenvalue weighted by Gasteiger charge is -2.16. The molecule has 1 aromatic carbocycles. The SMILES string of the molecule is Cn1nccc1CCN1C(=O)C(=O)c2c(Br)cccc21. The lowest BCUT2D eigenvalue weighted by Crippen LogP contribution is -2.32. The number of aromatic nitrogens is 2. The Bertz CT molecular complexity index is 708. The van der Waals surface area contributed by atoms with E-state index in [1.54, 1.807) is 23.0 Å². The lowest BCUT2D eigenvalue weighted by molar-refractivity contribution is -0.114. The van der Waals surface area contributed by atoms with Crippen LogP contribution in [0.3, 0.4) is 0 Å². The Morgan fingerprint density at radius 3 is 2.75 bits per heavy atom. The van der Waals surface area contributed by atoms with Gasteiger partial charge < -0.3 is 4.90 Å². The first-order chi connectivity index (χ1) is 9.59. The van der Waals surface area contributed by atoms with Gasteiger partial charge in [-0.1, -0.05) is 6.07 Å². The third-order valence-electron chi connectivity index (χ3n) is 3.46. The molecule has 1 aliphatic rings. The van der Waals surface area contributed by atoms with Gasteiger partial charge in [0.15, 0.2) is 0 Å². The zero-order valence-corrected chi connectivity index (χ0v) is 12.4. The minimum atomic E-state index is -0.464. The van der Waals surface area contributed by atoms with E-state index in [2.05, 4.69) is 21.0 Å². The molecule has 0 radical (unpaired) electrons. The van der Waals surface area contributed by atoms with Gasteiger partial charge in [-0.05, 0) is 34.1 Å². The molecule has 3 rings (SSSR count). The van der Waals surface area contributed by atoms with Crippen molar-refractivity contribution in [2.75, 3.05) is 11.4 Å². The number of nitrogens with zero attached hydrogens (tertiary/aromatic N) is 3. The summed E-state index contributed by atoms with van der Waals surface area (Å²) in [5, 5.41) is 4.09. The third-order valence-corrected chi connectivity index (χ3v) is 4.12. The van der Waals surface area contributed by atoms with Gasteiger partial charge in [-0.15, -0.1) is 0 Å². The molecule has 0 unspecified atom stereocenters. The molecule has 1 amide bonds. The summed E-state index contributed by atoms with van der Waals surface area (Å²) in [4.78, 5) is 25.6. The number of benzene rings is 1. The van der Waals surface area contributed by atoms with Gasteiger partial charge in [-0.3, -0.25) is 14.3 Å². The second kappa shape index (κ2) is 4.86. The highest BCUT2D eigenvalue weighted by Gasteiger charge is 2.36. The van der Waals surface area contributed by atoms with Crippen molar-refractivity contribution >= 4 is 33.3 Å².